The van der Waals surface area contributed by atoms with E-state index in [-0.39, 0.29) is 61.7 Å². The molecule has 0 amide bonds. The van der Waals surface area contributed by atoms with E-state index in [1.165, 1.54) is 6.07 Å². The minimum Gasteiger partial charge on any atom is -0.355 e. The number of carbonyl (C=O) groups excluding carboxylic acids is 2. The quantitative estimate of drug-likeness (QED) is 0.210. The van der Waals surface area contributed by atoms with Crippen molar-refractivity contribution in [2.45, 2.75) is 51.1 Å². The molecule has 1 saturated heterocycles. The lowest BCUT2D eigenvalue weighted by molar-refractivity contribution is -0.147. The van der Waals surface area contributed by atoms with E-state index >= 15 is 0 Å². The molecule has 3 aromatic rings. The second kappa shape index (κ2) is 11.0. The molecule has 11 heteroatoms. The van der Waals surface area contributed by atoms with Crippen LogP contribution in [0, 0.1) is 17.0 Å². The molecule has 1 fully saturated rings. The van der Waals surface area contributed by atoms with Crippen LogP contribution in [0.15, 0.2) is 53.2 Å². The Morgan fingerprint density at radius 3 is 2.44 bits per heavy atom. The first-order chi connectivity index (χ1) is 18.3. The Bertz CT molecular complexity index is 1330. The van der Waals surface area contributed by atoms with Gasteiger partial charge in [-0.15, -0.1) is 0 Å². The molecule has 208 valence electrons. The van der Waals surface area contributed by atoms with Crippen LogP contribution in [0.5, 0.6) is 0 Å². The molecule has 0 unspecified atom stereocenters. The van der Waals surface area contributed by atoms with Crippen LogP contribution in [0.3, 0.4) is 0 Å². The summed E-state index contributed by atoms with van der Waals surface area (Å²) in [5, 5.41) is 3.72. The van der Waals surface area contributed by atoms with E-state index in [4.69, 9.17) is 4.52 Å². The summed E-state index contributed by atoms with van der Waals surface area (Å²) in [6, 6.07) is 9.53. The molecule has 1 aliphatic rings. The average Bonchev–Trinajstić information content (AvgIpc) is 3.31. The first-order valence-corrected chi connectivity index (χ1v) is 12.4. The molecule has 0 saturated carbocycles. The number of halogens is 5. The number of benzene rings is 1. The monoisotopic (exact) mass is 549 g/mol. The Morgan fingerprint density at radius 1 is 1.05 bits per heavy atom. The molecule has 2 aromatic heterocycles. The molecule has 0 aliphatic carbocycles. The molecular weight excluding hydrogens is 521 g/mol. The van der Waals surface area contributed by atoms with E-state index in [1.54, 1.807) is 17.2 Å². The summed E-state index contributed by atoms with van der Waals surface area (Å²) in [5.41, 5.74) is -0.911. The standard InChI is InChI=1S/C28H28F5N3O3/c1-26(2,25-5-3-4-9-34-25)13-19(37)14-27(16-36(17-27)10-8-28(31,32)33)15-23(38)22-12-24(39-35-22)20-7-6-18(29)11-21(20)30/h3-7,9,11-12H,8,10,13-17H2,1-2H3. The van der Waals surface area contributed by atoms with Crippen molar-refractivity contribution in [3.63, 3.8) is 0 Å². The summed E-state index contributed by atoms with van der Waals surface area (Å²) >= 11 is 0. The van der Waals surface area contributed by atoms with Gasteiger partial charge in [0, 0.05) is 73.8 Å². The van der Waals surface area contributed by atoms with Gasteiger partial charge in [0.25, 0.3) is 0 Å². The number of alkyl halides is 3. The molecule has 0 bridgehead atoms. The Balaban J connectivity index is 1.48. The highest BCUT2D eigenvalue weighted by molar-refractivity contribution is 5.96. The minimum absolute atomic E-state index is 0.00514. The zero-order chi connectivity index (χ0) is 28.4. The number of nitrogens with zero attached hydrogens (tertiary/aromatic N) is 3. The summed E-state index contributed by atoms with van der Waals surface area (Å²) in [6.45, 7) is 3.81. The van der Waals surface area contributed by atoms with Crippen molar-refractivity contribution in [1.82, 2.24) is 15.0 Å². The summed E-state index contributed by atoms with van der Waals surface area (Å²) in [5.74, 6) is -2.35. The minimum atomic E-state index is -4.32. The van der Waals surface area contributed by atoms with Crippen LogP contribution in [0.1, 0.15) is 55.7 Å². The van der Waals surface area contributed by atoms with Gasteiger partial charge >= 0.3 is 6.18 Å². The largest absolute Gasteiger partial charge is 0.390 e. The number of pyridine rings is 1. The van der Waals surface area contributed by atoms with Gasteiger partial charge in [-0.3, -0.25) is 14.6 Å². The molecule has 0 N–H and O–H groups in total. The van der Waals surface area contributed by atoms with Crippen molar-refractivity contribution in [2.24, 2.45) is 5.41 Å². The molecule has 0 spiro atoms. The normalized spacial score (nSPS) is 15.7. The van der Waals surface area contributed by atoms with Gasteiger partial charge in [0.2, 0.25) is 0 Å². The fourth-order valence-electron chi connectivity index (χ4n) is 5.11. The second-order valence-corrected chi connectivity index (χ2v) is 10.9. The summed E-state index contributed by atoms with van der Waals surface area (Å²) in [4.78, 5) is 32.2. The highest BCUT2D eigenvalue weighted by Crippen LogP contribution is 2.41. The van der Waals surface area contributed by atoms with Gasteiger partial charge in [-0.2, -0.15) is 13.2 Å². The van der Waals surface area contributed by atoms with Crippen LogP contribution in [0.25, 0.3) is 11.3 Å². The number of rotatable bonds is 11. The van der Waals surface area contributed by atoms with Crippen molar-refractivity contribution >= 4 is 11.6 Å². The smallest absolute Gasteiger partial charge is 0.355 e. The van der Waals surface area contributed by atoms with Gasteiger partial charge in [0.1, 0.15) is 23.1 Å². The molecule has 1 aromatic carbocycles. The maximum absolute atomic E-state index is 14.1. The number of hydrogen-bond donors (Lipinski definition) is 0. The van der Waals surface area contributed by atoms with E-state index in [0.29, 0.717) is 6.07 Å². The van der Waals surface area contributed by atoms with Crippen molar-refractivity contribution in [3.8, 4) is 11.3 Å². The molecule has 3 heterocycles. The van der Waals surface area contributed by atoms with Crippen LogP contribution in [-0.2, 0) is 10.2 Å². The third-order valence-corrected chi connectivity index (χ3v) is 6.93. The van der Waals surface area contributed by atoms with E-state index < -0.39 is 40.8 Å². The van der Waals surface area contributed by atoms with E-state index in [9.17, 15) is 31.5 Å². The van der Waals surface area contributed by atoms with Crippen LogP contribution in [0.2, 0.25) is 0 Å². The number of carbonyl (C=O) groups is 2. The third-order valence-electron chi connectivity index (χ3n) is 6.93. The average molecular weight is 550 g/mol. The van der Waals surface area contributed by atoms with E-state index in [2.05, 4.69) is 10.1 Å². The van der Waals surface area contributed by atoms with Gasteiger partial charge in [-0.1, -0.05) is 25.1 Å². The number of likely N-dealkylation sites (tertiary alicyclic amines) is 1. The van der Waals surface area contributed by atoms with Crippen molar-refractivity contribution in [2.75, 3.05) is 19.6 Å². The Hall–Kier alpha value is -3.47. The van der Waals surface area contributed by atoms with Crippen molar-refractivity contribution in [1.29, 1.82) is 0 Å². The van der Waals surface area contributed by atoms with Crippen LogP contribution in [0.4, 0.5) is 22.0 Å². The molecule has 0 radical (unpaired) electrons. The summed E-state index contributed by atoms with van der Waals surface area (Å²) < 4.78 is 70.7. The van der Waals surface area contributed by atoms with E-state index in [0.717, 1.165) is 17.8 Å². The number of hydrogen-bond acceptors (Lipinski definition) is 6. The molecule has 39 heavy (non-hydrogen) atoms. The zero-order valence-electron chi connectivity index (χ0n) is 21.5. The Kier molecular flexibility index (Phi) is 8.02. The second-order valence-electron chi connectivity index (χ2n) is 10.9. The van der Waals surface area contributed by atoms with Crippen LogP contribution < -0.4 is 0 Å². The van der Waals surface area contributed by atoms with Gasteiger partial charge in [0.15, 0.2) is 11.5 Å². The fraction of sp³-hybridized carbons (Fsp3) is 0.429. The third kappa shape index (κ3) is 7.14. The molecule has 6 nitrogen and oxygen atoms in total. The lowest BCUT2D eigenvalue weighted by atomic mass is 9.69. The first kappa shape index (κ1) is 28.5. The molecule has 0 atom stereocenters. The highest BCUT2D eigenvalue weighted by Gasteiger charge is 2.47. The van der Waals surface area contributed by atoms with Gasteiger partial charge in [-0.25, -0.2) is 8.78 Å². The predicted octanol–water partition coefficient (Wildman–Crippen LogP) is 6.17. The maximum atomic E-state index is 14.1. The fourth-order valence-corrected chi connectivity index (χ4v) is 5.11. The number of aromatic nitrogens is 2. The summed E-state index contributed by atoms with van der Waals surface area (Å²) in [7, 11) is 0. The summed E-state index contributed by atoms with van der Waals surface area (Å²) in [6.07, 6.45) is -3.69. The van der Waals surface area contributed by atoms with Gasteiger partial charge < -0.3 is 9.42 Å². The maximum Gasteiger partial charge on any atom is 0.390 e. The topological polar surface area (TPSA) is 76.3 Å². The SMILES string of the molecule is CC(C)(CC(=O)CC1(CC(=O)c2cc(-c3ccc(F)cc3F)on2)CN(CCC(F)(F)F)C1)c1ccccn1. The predicted molar refractivity (Wildman–Crippen MR) is 132 cm³/mol. The highest BCUT2D eigenvalue weighted by atomic mass is 19.4. The Labute approximate surface area is 222 Å². The number of Topliss-reactive ketones (excluding diaryl/α,β-unsaturated/α-hetero) is 2. The Morgan fingerprint density at radius 2 is 1.79 bits per heavy atom. The van der Waals surface area contributed by atoms with Crippen LogP contribution in [-0.4, -0.2) is 52.4 Å². The van der Waals surface area contributed by atoms with Gasteiger partial charge in [-0.05, 0) is 24.3 Å². The molecule has 4 rings (SSSR count). The van der Waals surface area contributed by atoms with Gasteiger partial charge in [0.05, 0.1) is 12.0 Å². The van der Waals surface area contributed by atoms with E-state index in [1.807, 2.05) is 26.0 Å². The molecular formula is C28H28F5N3O3. The van der Waals surface area contributed by atoms with Crippen molar-refractivity contribution in [3.05, 3.63) is 71.7 Å². The van der Waals surface area contributed by atoms with Crippen LogP contribution >= 0.6 is 0 Å². The number of ketones is 2. The zero-order valence-corrected chi connectivity index (χ0v) is 21.5. The lowest BCUT2D eigenvalue weighted by Gasteiger charge is -2.50. The van der Waals surface area contributed by atoms with Crippen molar-refractivity contribution < 1.29 is 36.1 Å². The lowest BCUT2D eigenvalue weighted by Crippen LogP contribution is -2.58. The first-order valence-electron chi connectivity index (χ1n) is 12.4. The molecule has 1 aliphatic heterocycles.